The molecule has 0 aromatic rings. The summed E-state index contributed by atoms with van der Waals surface area (Å²) in [5, 5.41) is 14.9. The van der Waals surface area contributed by atoms with Crippen LogP contribution >= 0.6 is 11.8 Å². The lowest BCUT2D eigenvalue weighted by Crippen LogP contribution is -2.42. The first-order valence-electron chi connectivity index (χ1n) is 5.88. The van der Waals surface area contributed by atoms with Gasteiger partial charge < -0.3 is 15.3 Å². The van der Waals surface area contributed by atoms with Gasteiger partial charge in [-0.05, 0) is 25.5 Å². The molecule has 2 rings (SSSR count). The van der Waals surface area contributed by atoms with Gasteiger partial charge in [-0.15, -0.1) is 0 Å². The zero-order valence-corrected chi connectivity index (χ0v) is 11.0. The Balaban J connectivity index is 1.78. The van der Waals surface area contributed by atoms with Crippen molar-refractivity contribution in [3.05, 3.63) is 0 Å². The van der Waals surface area contributed by atoms with Crippen LogP contribution in [-0.2, 0) is 14.4 Å². The van der Waals surface area contributed by atoms with E-state index in [1.807, 2.05) is 11.8 Å². The summed E-state index contributed by atoms with van der Waals surface area (Å²) in [6.07, 6.45) is 1.49. The molecular formula is C11H16N2O4S. The van der Waals surface area contributed by atoms with Crippen molar-refractivity contribution in [2.75, 3.05) is 12.3 Å². The van der Waals surface area contributed by atoms with Crippen LogP contribution in [0, 0.1) is 0 Å². The number of carboxylic acids is 1. The second-order valence-electron chi connectivity index (χ2n) is 4.76. The predicted octanol–water partition coefficient (Wildman–Crippen LogP) is 0.618. The van der Waals surface area contributed by atoms with Crippen LogP contribution in [-0.4, -0.2) is 45.8 Å². The zero-order chi connectivity index (χ0) is 13.2. The van der Waals surface area contributed by atoms with E-state index in [4.69, 9.17) is 9.94 Å². The molecule has 2 N–H and O–H groups in total. The highest BCUT2D eigenvalue weighted by Gasteiger charge is 2.34. The Morgan fingerprint density at radius 2 is 2.44 bits per heavy atom. The molecule has 0 radical (unpaired) electrons. The van der Waals surface area contributed by atoms with Crippen molar-refractivity contribution in [3.63, 3.8) is 0 Å². The van der Waals surface area contributed by atoms with Gasteiger partial charge in [-0.2, -0.15) is 11.8 Å². The molecule has 0 aromatic heterocycles. The highest BCUT2D eigenvalue weighted by atomic mass is 32.2. The summed E-state index contributed by atoms with van der Waals surface area (Å²) in [4.78, 5) is 27.3. The number of aliphatic carboxylic acids is 1. The van der Waals surface area contributed by atoms with Gasteiger partial charge in [0.2, 0.25) is 6.10 Å². The van der Waals surface area contributed by atoms with Crippen LogP contribution in [0.1, 0.15) is 26.2 Å². The number of hydrogen-bond acceptors (Lipinski definition) is 5. The van der Waals surface area contributed by atoms with Gasteiger partial charge >= 0.3 is 5.97 Å². The van der Waals surface area contributed by atoms with E-state index >= 15 is 0 Å². The van der Waals surface area contributed by atoms with Crippen LogP contribution in [0.25, 0.3) is 0 Å². The van der Waals surface area contributed by atoms with E-state index in [0.717, 1.165) is 12.2 Å². The van der Waals surface area contributed by atoms with Crippen molar-refractivity contribution in [2.24, 2.45) is 5.16 Å². The van der Waals surface area contributed by atoms with Gasteiger partial charge in [0.25, 0.3) is 5.91 Å². The van der Waals surface area contributed by atoms with E-state index in [2.05, 4.69) is 17.4 Å². The maximum atomic E-state index is 11.8. The first-order chi connectivity index (χ1) is 8.50. The van der Waals surface area contributed by atoms with Crippen molar-refractivity contribution in [2.45, 2.75) is 37.0 Å². The molecule has 2 atom stereocenters. The number of nitrogens with zero attached hydrogens (tertiary/aromatic N) is 1. The van der Waals surface area contributed by atoms with Crippen LogP contribution in [0.2, 0.25) is 0 Å². The Bertz CT molecular complexity index is 391. The molecule has 2 heterocycles. The lowest BCUT2D eigenvalue weighted by atomic mass is 10.1. The third-order valence-corrected chi connectivity index (χ3v) is 4.68. The minimum atomic E-state index is -1.14. The fourth-order valence-electron chi connectivity index (χ4n) is 2.01. The average Bonchev–Trinajstić information content (AvgIpc) is 2.95. The van der Waals surface area contributed by atoms with Crippen molar-refractivity contribution in [1.82, 2.24) is 5.32 Å². The summed E-state index contributed by atoms with van der Waals surface area (Å²) in [5.74, 6) is -0.300. The van der Waals surface area contributed by atoms with Gasteiger partial charge in [0.05, 0.1) is 0 Å². The molecular weight excluding hydrogens is 256 g/mol. The normalized spacial score (nSPS) is 30.7. The molecule has 0 bridgehead atoms. The summed E-state index contributed by atoms with van der Waals surface area (Å²) in [6, 6.07) is 0. The highest BCUT2D eigenvalue weighted by Crippen LogP contribution is 2.36. The molecule has 2 unspecified atom stereocenters. The fraction of sp³-hybridized carbons (Fsp3) is 0.727. The number of carbonyl (C=O) groups excluding carboxylic acids is 1. The molecule has 1 fully saturated rings. The quantitative estimate of drug-likeness (QED) is 0.783. The number of oxime groups is 1. The molecule has 0 aliphatic carbocycles. The topological polar surface area (TPSA) is 88.0 Å². The first-order valence-corrected chi connectivity index (χ1v) is 6.86. The Morgan fingerprint density at radius 3 is 3.00 bits per heavy atom. The van der Waals surface area contributed by atoms with Crippen LogP contribution in [0.5, 0.6) is 0 Å². The van der Waals surface area contributed by atoms with Gasteiger partial charge in [-0.3, -0.25) is 4.79 Å². The maximum Gasteiger partial charge on any atom is 0.353 e. The van der Waals surface area contributed by atoms with Gasteiger partial charge in [0.15, 0.2) is 5.71 Å². The molecule has 1 saturated heterocycles. The Kier molecular flexibility index (Phi) is 3.79. The van der Waals surface area contributed by atoms with E-state index in [1.54, 1.807) is 0 Å². The molecule has 7 heteroatoms. The Hall–Kier alpha value is -1.24. The van der Waals surface area contributed by atoms with Crippen molar-refractivity contribution in [1.29, 1.82) is 0 Å². The van der Waals surface area contributed by atoms with E-state index in [9.17, 15) is 9.59 Å². The van der Waals surface area contributed by atoms with Gasteiger partial charge in [0, 0.05) is 17.7 Å². The third kappa shape index (κ3) is 2.95. The van der Waals surface area contributed by atoms with Crippen molar-refractivity contribution >= 4 is 29.4 Å². The molecule has 2 aliphatic heterocycles. The van der Waals surface area contributed by atoms with E-state index in [1.165, 1.54) is 6.42 Å². The molecule has 18 heavy (non-hydrogen) atoms. The Morgan fingerprint density at radius 1 is 1.67 bits per heavy atom. The molecule has 0 aromatic carbocycles. The average molecular weight is 272 g/mol. The van der Waals surface area contributed by atoms with Crippen LogP contribution in [0.3, 0.4) is 0 Å². The molecule has 6 nitrogen and oxygen atoms in total. The standard InChI is InChI=1S/C11H16N2O4S/c1-11(3-2-4-18-11)6-12-9(14)8-5-7(10(15)16)13-17-8/h8H,2-6H2,1H3,(H,12,14)(H,15,16). The van der Waals surface area contributed by atoms with Crippen LogP contribution in [0.4, 0.5) is 0 Å². The monoisotopic (exact) mass is 272 g/mol. The number of nitrogens with one attached hydrogen (secondary N) is 1. The lowest BCUT2D eigenvalue weighted by Gasteiger charge is -2.23. The lowest BCUT2D eigenvalue weighted by molar-refractivity contribution is -0.131. The van der Waals surface area contributed by atoms with E-state index < -0.39 is 12.1 Å². The number of hydrogen-bond donors (Lipinski definition) is 2. The second kappa shape index (κ2) is 5.17. The second-order valence-corrected chi connectivity index (χ2v) is 6.44. The van der Waals surface area contributed by atoms with Gasteiger partial charge in [-0.25, -0.2) is 4.79 Å². The summed E-state index contributed by atoms with van der Waals surface area (Å²) in [6.45, 7) is 2.71. The van der Waals surface area contributed by atoms with Crippen LogP contribution in [0.15, 0.2) is 5.16 Å². The van der Waals surface area contributed by atoms with Crippen molar-refractivity contribution < 1.29 is 19.5 Å². The third-order valence-electron chi connectivity index (χ3n) is 3.15. The van der Waals surface area contributed by atoms with E-state index in [-0.39, 0.29) is 22.8 Å². The molecule has 2 aliphatic rings. The number of carbonyl (C=O) groups is 2. The molecule has 0 saturated carbocycles. The predicted molar refractivity (Wildman–Crippen MR) is 67.7 cm³/mol. The molecule has 100 valence electrons. The summed E-state index contributed by atoms with van der Waals surface area (Å²) in [7, 11) is 0. The van der Waals surface area contributed by atoms with Gasteiger partial charge in [0.1, 0.15) is 0 Å². The highest BCUT2D eigenvalue weighted by molar-refractivity contribution is 8.00. The number of amides is 1. The smallest absolute Gasteiger partial charge is 0.353 e. The number of thioether (sulfide) groups is 1. The molecule has 0 spiro atoms. The fourth-order valence-corrected chi connectivity index (χ4v) is 3.25. The minimum absolute atomic E-state index is 0.0328. The summed E-state index contributed by atoms with van der Waals surface area (Å²) in [5.41, 5.74) is -0.100. The SMILES string of the molecule is CC1(CNC(=O)C2CC(C(=O)O)=NO2)CCCS1. The van der Waals surface area contributed by atoms with Gasteiger partial charge in [-0.1, -0.05) is 5.16 Å². The summed E-state index contributed by atoms with van der Waals surface area (Å²) >= 11 is 1.86. The summed E-state index contributed by atoms with van der Waals surface area (Å²) < 4.78 is 0.0880. The molecule has 1 amide bonds. The number of rotatable bonds is 4. The number of carboxylic acid groups (broad SMARTS) is 1. The van der Waals surface area contributed by atoms with E-state index in [0.29, 0.717) is 6.54 Å². The maximum absolute atomic E-state index is 11.8. The largest absolute Gasteiger partial charge is 0.477 e. The zero-order valence-electron chi connectivity index (χ0n) is 10.1. The minimum Gasteiger partial charge on any atom is -0.477 e. The van der Waals surface area contributed by atoms with Crippen molar-refractivity contribution in [3.8, 4) is 0 Å². The first kappa shape index (κ1) is 13.2. The Labute approximate surface area is 109 Å². The van der Waals surface area contributed by atoms with Crippen LogP contribution < -0.4 is 5.32 Å².